The summed E-state index contributed by atoms with van der Waals surface area (Å²) < 4.78 is 31.8. The van der Waals surface area contributed by atoms with Gasteiger partial charge in [0.15, 0.2) is 0 Å². The van der Waals surface area contributed by atoms with E-state index >= 15 is 8.42 Å². The van der Waals surface area contributed by atoms with Crippen LogP contribution in [-0.4, -0.2) is 31.7 Å². The third kappa shape index (κ3) is 5.22. The molecular formula is C30H32Cl2O2S3. The zero-order chi connectivity index (χ0) is 26.2. The number of benzene rings is 4. The molecule has 196 valence electrons. The Kier molecular flexibility index (Phi) is 9.71. The SMILES string of the molecule is O=S(=O)(S(CCCCl)(c1ccccc1)c1ccccc1)S(CCCCl)(c1ccccc1)c1ccccc1. The third-order valence-electron chi connectivity index (χ3n) is 6.32. The lowest BCUT2D eigenvalue weighted by Gasteiger charge is -2.50. The van der Waals surface area contributed by atoms with Gasteiger partial charge in [-0.1, -0.05) is 90.9 Å². The molecule has 4 aromatic rings. The maximum absolute atomic E-state index is 15.9. The minimum Gasteiger partial charge on any atom is -0.208 e. The molecule has 0 aliphatic carbocycles. The highest BCUT2D eigenvalue weighted by Crippen LogP contribution is 2.82. The standard InChI is InChI=1S/C30H32Cl2O2S3/c31-23-13-25-35(27-15-5-1-6-16-27,28-17-7-2-8-18-28)37(33,34)36(26-14-24-32,29-19-9-3-10-20-29)30-21-11-4-12-22-30/h1-12,15-22H,13-14,23-26H2. The zero-order valence-electron chi connectivity index (χ0n) is 20.6. The quantitative estimate of drug-likeness (QED) is 0.122. The summed E-state index contributed by atoms with van der Waals surface area (Å²) in [4.78, 5) is 3.39. The van der Waals surface area contributed by atoms with Crippen molar-refractivity contribution in [1.29, 1.82) is 0 Å². The van der Waals surface area contributed by atoms with Crippen LogP contribution in [-0.2, 0) is 7.90 Å². The van der Waals surface area contributed by atoms with Gasteiger partial charge >= 0.3 is 0 Å². The Labute approximate surface area is 233 Å². The van der Waals surface area contributed by atoms with E-state index in [4.69, 9.17) is 23.2 Å². The van der Waals surface area contributed by atoms with E-state index in [1.165, 1.54) is 0 Å². The molecule has 4 rings (SSSR count). The van der Waals surface area contributed by atoms with Crippen LogP contribution in [0.5, 0.6) is 0 Å². The predicted molar refractivity (Wildman–Crippen MR) is 163 cm³/mol. The molecule has 0 spiro atoms. The molecule has 2 nitrogen and oxygen atoms in total. The van der Waals surface area contributed by atoms with Gasteiger partial charge in [-0.05, 0) is 61.4 Å². The first kappa shape index (κ1) is 28.1. The fraction of sp³-hybridized carbons (Fsp3) is 0.200. The maximum Gasteiger partial charge on any atom is 0.235 e. The average Bonchev–Trinajstić information content (AvgIpc) is 2.96. The Bertz CT molecular complexity index is 1170. The summed E-state index contributed by atoms with van der Waals surface area (Å²) in [5, 5.41) is 0. The smallest absolute Gasteiger partial charge is 0.208 e. The molecule has 0 radical (unpaired) electrons. The van der Waals surface area contributed by atoms with E-state index in [0.29, 0.717) is 36.1 Å². The van der Waals surface area contributed by atoms with Crippen molar-refractivity contribution >= 4 is 49.2 Å². The van der Waals surface area contributed by atoms with E-state index in [0.717, 1.165) is 19.6 Å². The average molecular weight is 592 g/mol. The Balaban J connectivity index is 2.17. The molecule has 0 aliphatic rings. The van der Waals surface area contributed by atoms with Gasteiger partial charge in [0, 0.05) is 42.8 Å². The largest absolute Gasteiger partial charge is 0.235 e. The summed E-state index contributed by atoms with van der Waals surface area (Å²) >= 11 is 12.5. The summed E-state index contributed by atoms with van der Waals surface area (Å²) in [6, 6.07) is 39.1. The van der Waals surface area contributed by atoms with E-state index in [-0.39, 0.29) is 0 Å². The normalized spacial score (nSPS) is 13.2. The van der Waals surface area contributed by atoms with Gasteiger partial charge < -0.3 is 0 Å². The van der Waals surface area contributed by atoms with Gasteiger partial charge in [0.25, 0.3) is 0 Å². The first-order chi connectivity index (χ1) is 18.0. The van der Waals surface area contributed by atoms with E-state index in [1.54, 1.807) is 0 Å². The molecule has 0 N–H and O–H groups in total. The number of rotatable bonds is 12. The van der Waals surface area contributed by atoms with Crippen LogP contribution in [0.25, 0.3) is 0 Å². The fourth-order valence-corrected chi connectivity index (χ4v) is 26.9. The van der Waals surface area contributed by atoms with E-state index in [1.807, 2.05) is 121 Å². The summed E-state index contributed by atoms with van der Waals surface area (Å²) in [7, 11) is -9.09. The fourth-order valence-electron chi connectivity index (χ4n) is 4.69. The van der Waals surface area contributed by atoms with Gasteiger partial charge in [-0.15, -0.1) is 23.2 Å². The summed E-state index contributed by atoms with van der Waals surface area (Å²) in [5.41, 5.74) is 0. The molecule has 0 aliphatic heterocycles. The highest BCUT2D eigenvalue weighted by molar-refractivity contribution is 9.22. The van der Waals surface area contributed by atoms with E-state index < -0.39 is 26.0 Å². The van der Waals surface area contributed by atoms with Crippen LogP contribution in [0.4, 0.5) is 0 Å². The summed E-state index contributed by atoms with van der Waals surface area (Å²) in [6.45, 7) is 0. The highest BCUT2D eigenvalue weighted by atomic mass is 35.5. The second-order valence-corrected chi connectivity index (χ2v) is 22.2. The molecule has 0 unspecified atom stereocenters. The van der Waals surface area contributed by atoms with Crippen LogP contribution >= 0.6 is 41.3 Å². The number of halogens is 2. The van der Waals surface area contributed by atoms with Gasteiger partial charge in [0.05, 0.1) is 0 Å². The van der Waals surface area contributed by atoms with Crippen LogP contribution in [0.3, 0.4) is 0 Å². The number of hydrogen-bond acceptors (Lipinski definition) is 2. The van der Waals surface area contributed by atoms with Gasteiger partial charge in [0.2, 0.25) is 7.90 Å². The van der Waals surface area contributed by atoms with Crippen LogP contribution < -0.4 is 0 Å². The maximum atomic E-state index is 15.9. The Morgan fingerprint density at radius 3 is 0.892 bits per heavy atom. The minimum absolute atomic E-state index is 0.393. The Morgan fingerprint density at radius 2 is 0.676 bits per heavy atom. The van der Waals surface area contributed by atoms with E-state index in [2.05, 4.69) is 0 Å². The molecule has 4 aromatic carbocycles. The lowest BCUT2D eigenvalue weighted by molar-refractivity contribution is 0.621. The van der Waals surface area contributed by atoms with Crippen LogP contribution in [0, 0.1) is 0 Å². The van der Waals surface area contributed by atoms with Crippen molar-refractivity contribution in [3.8, 4) is 0 Å². The topological polar surface area (TPSA) is 34.1 Å². The monoisotopic (exact) mass is 590 g/mol. The summed E-state index contributed by atoms with van der Waals surface area (Å²) in [5.74, 6) is 1.71. The number of hydrogen-bond donors (Lipinski definition) is 0. The molecule has 0 bridgehead atoms. The third-order valence-corrected chi connectivity index (χ3v) is 25.8. The van der Waals surface area contributed by atoms with Crippen molar-refractivity contribution in [2.45, 2.75) is 32.4 Å². The van der Waals surface area contributed by atoms with Gasteiger partial charge in [-0.3, -0.25) is 0 Å². The van der Waals surface area contributed by atoms with Crippen LogP contribution in [0.15, 0.2) is 141 Å². The van der Waals surface area contributed by atoms with Crippen molar-refractivity contribution in [3.05, 3.63) is 121 Å². The van der Waals surface area contributed by atoms with Crippen molar-refractivity contribution in [1.82, 2.24) is 0 Å². The van der Waals surface area contributed by atoms with Crippen molar-refractivity contribution in [2.75, 3.05) is 23.3 Å². The highest BCUT2D eigenvalue weighted by Gasteiger charge is 2.53. The molecule has 0 amide bonds. The molecule has 0 atom stereocenters. The molecule has 0 saturated heterocycles. The van der Waals surface area contributed by atoms with Gasteiger partial charge in [-0.25, -0.2) is 8.42 Å². The molecule has 0 saturated carbocycles. The second kappa shape index (κ2) is 12.8. The van der Waals surface area contributed by atoms with Crippen LogP contribution in [0.1, 0.15) is 12.8 Å². The Morgan fingerprint density at radius 1 is 0.432 bits per heavy atom. The summed E-state index contributed by atoms with van der Waals surface area (Å²) in [6.07, 6.45) is 1.18. The number of alkyl halides is 2. The lowest BCUT2D eigenvalue weighted by atomic mass is 10.4. The molecule has 7 heteroatoms. The molecular weight excluding hydrogens is 559 g/mol. The van der Waals surface area contributed by atoms with Crippen molar-refractivity contribution in [2.24, 2.45) is 0 Å². The molecule has 37 heavy (non-hydrogen) atoms. The zero-order valence-corrected chi connectivity index (χ0v) is 24.5. The first-order valence-corrected chi connectivity index (χ1v) is 19.4. The molecule has 0 aromatic heterocycles. The van der Waals surface area contributed by atoms with Crippen molar-refractivity contribution in [3.63, 3.8) is 0 Å². The van der Waals surface area contributed by atoms with Gasteiger partial charge in [-0.2, -0.15) is 0 Å². The minimum atomic E-state index is -3.89. The predicted octanol–water partition coefficient (Wildman–Crippen LogP) is 9.33. The van der Waals surface area contributed by atoms with Crippen LogP contribution in [0.2, 0.25) is 0 Å². The molecule has 0 fully saturated rings. The first-order valence-electron chi connectivity index (χ1n) is 12.2. The Hall–Kier alpha value is -1.89. The molecule has 0 heterocycles. The second-order valence-electron chi connectivity index (χ2n) is 8.50. The van der Waals surface area contributed by atoms with E-state index in [9.17, 15) is 0 Å². The van der Waals surface area contributed by atoms with Gasteiger partial charge in [0.1, 0.15) is 0 Å². The lowest BCUT2D eigenvalue weighted by Crippen LogP contribution is -2.26. The van der Waals surface area contributed by atoms with Crippen molar-refractivity contribution < 1.29 is 8.42 Å².